The first-order valence-electron chi connectivity index (χ1n) is 9.57. The molecule has 0 bridgehead atoms. The predicted octanol–water partition coefficient (Wildman–Crippen LogP) is 4.44. The standard InChI is InChI=1S/C22H27ClN2O2/c1-3-27-21-14-17(8-9-20(21)23)15-25-12-10-18(11-13-25)24-22(26)19-7-5-4-6-16(19)2/h4-9,14,18H,3,10-13,15H2,1-2H3,(H,24,26). The number of hydrogen-bond acceptors (Lipinski definition) is 3. The lowest BCUT2D eigenvalue weighted by atomic mass is 10.0. The van der Waals surface area contributed by atoms with Gasteiger partial charge in [0.05, 0.1) is 11.6 Å². The van der Waals surface area contributed by atoms with E-state index in [2.05, 4.69) is 16.3 Å². The minimum absolute atomic E-state index is 0.0330. The lowest BCUT2D eigenvalue weighted by molar-refractivity contribution is 0.0908. The van der Waals surface area contributed by atoms with E-state index in [-0.39, 0.29) is 11.9 Å². The van der Waals surface area contributed by atoms with Crippen molar-refractivity contribution in [2.75, 3.05) is 19.7 Å². The quantitative estimate of drug-likeness (QED) is 0.797. The van der Waals surface area contributed by atoms with Gasteiger partial charge < -0.3 is 10.1 Å². The molecule has 5 heteroatoms. The van der Waals surface area contributed by atoms with Crippen LogP contribution in [0.15, 0.2) is 42.5 Å². The van der Waals surface area contributed by atoms with Crippen molar-refractivity contribution in [2.24, 2.45) is 0 Å². The third-order valence-electron chi connectivity index (χ3n) is 5.01. The largest absolute Gasteiger partial charge is 0.492 e. The minimum atomic E-state index is 0.0330. The zero-order valence-electron chi connectivity index (χ0n) is 16.0. The Morgan fingerprint density at radius 2 is 1.96 bits per heavy atom. The van der Waals surface area contributed by atoms with Crippen LogP contribution in [0.3, 0.4) is 0 Å². The number of carbonyl (C=O) groups is 1. The second-order valence-corrected chi connectivity index (χ2v) is 7.44. The van der Waals surface area contributed by atoms with Gasteiger partial charge in [-0.25, -0.2) is 0 Å². The van der Waals surface area contributed by atoms with E-state index in [0.717, 1.165) is 49.4 Å². The topological polar surface area (TPSA) is 41.6 Å². The molecule has 0 aromatic heterocycles. The van der Waals surface area contributed by atoms with Crippen LogP contribution in [0.25, 0.3) is 0 Å². The molecular weight excluding hydrogens is 360 g/mol. The van der Waals surface area contributed by atoms with Crippen LogP contribution in [0.1, 0.15) is 41.3 Å². The van der Waals surface area contributed by atoms with Gasteiger partial charge in [0.25, 0.3) is 5.91 Å². The Hall–Kier alpha value is -2.04. The normalized spacial score (nSPS) is 15.5. The molecule has 1 fully saturated rings. The minimum Gasteiger partial charge on any atom is -0.492 e. The molecule has 1 aliphatic heterocycles. The zero-order valence-corrected chi connectivity index (χ0v) is 16.8. The molecule has 27 heavy (non-hydrogen) atoms. The third-order valence-corrected chi connectivity index (χ3v) is 5.33. The van der Waals surface area contributed by atoms with Crippen LogP contribution in [0.5, 0.6) is 5.75 Å². The van der Waals surface area contributed by atoms with Crippen molar-refractivity contribution >= 4 is 17.5 Å². The van der Waals surface area contributed by atoms with E-state index in [1.54, 1.807) is 0 Å². The summed E-state index contributed by atoms with van der Waals surface area (Å²) in [7, 11) is 0. The molecule has 0 radical (unpaired) electrons. The number of hydrogen-bond donors (Lipinski definition) is 1. The second kappa shape index (κ2) is 9.25. The van der Waals surface area contributed by atoms with Crippen LogP contribution in [0.2, 0.25) is 5.02 Å². The maximum absolute atomic E-state index is 12.5. The van der Waals surface area contributed by atoms with Crippen LogP contribution < -0.4 is 10.1 Å². The van der Waals surface area contributed by atoms with Crippen molar-refractivity contribution in [3.8, 4) is 5.75 Å². The molecule has 1 heterocycles. The fourth-order valence-corrected chi connectivity index (χ4v) is 3.67. The number of likely N-dealkylation sites (tertiary alicyclic amines) is 1. The number of halogens is 1. The number of benzene rings is 2. The van der Waals surface area contributed by atoms with Gasteiger partial charge in [-0.1, -0.05) is 35.9 Å². The van der Waals surface area contributed by atoms with Crippen molar-refractivity contribution in [3.63, 3.8) is 0 Å². The monoisotopic (exact) mass is 386 g/mol. The Bertz CT molecular complexity index is 786. The molecule has 144 valence electrons. The number of carbonyl (C=O) groups excluding carboxylic acids is 1. The summed E-state index contributed by atoms with van der Waals surface area (Å²) in [5, 5.41) is 3.84. The van der Waals surface area contributed by atoms with E-state index in [1.165, 1.54) is 5.56 Å². The van der Waals surface area contributed by atoms with Gasteiger partial charge >= 0.3 is 0 Å². The SMILES string of the molecule is CCOc1cc(CN2CCC(NC(=O)c3ccccc3C)CC2)ccc1Cl. The number of rotatable bonds is 6. The molecular formula is C22H27ClN2O2. The molecule has 1 aliphatic rings. The van der Waals surface area contributed by atoms with E-state index in [9.17, 15) is 4.79 Å². The fourth-order valence-electron chi connectivity index (χ4n) is 3.50. The highest BCUT2D eigenvalue weighted by Crippen LogP contribution is 2.26. The summed E-state index contributed by atoms with van der Waals surface area (Å²) >= 11 is 6.17. The summed E-state index contributed by atoms with van der Waals surface area (Å²) in [6.45, 7) is 7.33. The third kappa shape index (κ3) is 5.24. The van der Waals surface area contributed by atoms with E-state index < -0.39 is 0 Å². The van der Waals surface area contributed by atoms with Gasteiger partial charge in [0.15, 0.2) is 0 Å². The second-order valence-electron chi connectivity index (χ2n) is 7.04. The van der Waals surface area contributed by atoms with Gasteiger partial charge in [-0.05, 0) is 56.0 Å². The zero-order chi connectivity index (χ0) is 19.2. The van der Waals surface area contributed by atoms with Crippen LogP contribution in [-0.4, -0.2) is 36.5 Å². The first kappa shape index (κ1) is 19.7. The van der Waals surface area contributed by atoms with Crippen LogP contribution in [0, 0.1) is 6.92 Å². The van der Waals surface area contributed by atoms with Crippen molar-refractivity contribution < 1.29 is 9.53 Å². The maximum atomic E-state index is 12.5. The summed E-state index contributed by atoms with van der Waals surface area (Å²) in [6, 6.07) is 13.9. The number of ether oxygens (including phenoxy) is 1. The Balaban J connectivity index is 1.51. The highest BCUT2D eigenvalue weighted by atomic mass is 35.5. The fraction of sp³-hybridized carbons (Fsp3) is 0.409. The van der Waals surface area contributed by atoms with Crippen LogP contribution in [0.4, 0.5) is 0 Å². The first-order chi connectivity index (χ1) is 13.1. The summed E-state index contributed by atoms with van der Waals surface area (Å²) in [6.07, 6.45) is 1.92. The first-order valence-corrected chi connectivity index (χ1v) is 9.94. The number of nitrogens with zero attached hydrogens (tertiary/aromatic N) is 1. The average molecular weight is 387 g/mol. The number of aryl methyl sites for hydroxylation is 1. The highest BCUT2D eigenvalue weighted by molar-refractivity contribution is 6.32. The number of amides is 1. The van der Waals surface area contributed by atoms with Gasteiger partial charge in [0.2, 0.25) is 0 Å². The lowest BCUT2D eigenvalue weighted by Gasteiger charge is -2.32. The van der Waals surface area contributed by atoms with E-state index in [0.29, 0.717) is 11.6 Å². The van der Waals surface area contributed by atoms with Crippen molar-refractivity contribution in [3.05, 3.63) is 64.2 Å². The molecule has 4 nitrogen and oxygen atoms in total. The van der Waals surface area contributed by atoms with Gasteiger partial charge in [-0.15, -0.1) is 0 Å². The van der Waals surface area contributed by atoms with E-state index in [1.807, 2.05) is 50.2 Å². The molecule has 0 aliphatic carbocycles. The number of nitrogens with one attached hydrogen (secondary N) is 1. The van der Waals surface area contributed by atoms with Gasteiger partial charge in [-0.2, -0.15) is 0 Å². The lowest BCUT2D eigenvalue weighted by Crippen LogP contribution is -2.44. The molecule has 1 amide bonds. The van der Waals surface area contributed by atoms with Gasteiger partial charge in [-0.3, -0.25) is 9.69 Å². The molecule has 1 N–H and O–H groups in total. The van der Waals surface area contributed by atoms with Crippen molar-refractivity contribution in [1.29, 1.82) is 0 Å². The summed E-state index contributed by atoms with van der Waals surface area (Å²) in [4.78, 5) is 14.9. The maximum Gasteiger partial charge on any atom is 0.251 e. The molecule has 0 spiro atoms. The molecule has 0 atom stereocenters. The molecule has 1 saturated heterocycles. The summed E-state index contributed by atoms with van der Waals surface area (Å²) in [5.74, 6) is 0.780. The molecule has 0 unspecified atom stereocenters. The number of piperidine rings is 1. The average Bonchev–Trinajstić information content (AvgIpc) is 2.66. The molecule has 2 aromatic rings. The smallest absolute Gasteiger partial charge is 0.251 e. The molecule has 0 saturated carbocycles. The van der Waals surface area contributed by atoms with Gasteiger partial charge in [0.1, 0.15) is 5.75 Å². The van der Waals surface area contributed by atoms with Crippen LogP contribution in [-0.2, 0) is 6.54 Å². The predicted molar refractivity (Wildman–Crippen MR) is 110 cm³/mol. The summed E-state index contributed by atoms with van der Waals surface area (Å²) < 4.78 is 5.58. The van der Waals surface area contributed by atoms with Crippen LogP contribution >= 0.6 is 11.6 Å². The summed E-state index contributed by atoms with van der Waals surface area (Å²) in [5.41, 5.74) is 2.98. The Morgan fingerprint density at radius 3 is 2.67 bits per heavy atom. The van der Waals surface area contributed by atoms with Crippen molar-refractivity contribution in [1.82, 2.24) is 10.2 Å². The van der Waals surface area contributed by atoms with Gasteiger partial charge in [0, 0.05) is 31.2 Å². The molecule has 2 aromatic carbocycles. The Kier molecular flexibility index (Phi) is 6.75. The van der Waals surface area contributed by atoms with E-state index >= 15 is 0 Å². The Morgan fingerprint density at radius 1 is 1.22 bits per heavy atom. The Labute approximate surface area is 166 Å². The van der Waals surface area contributed by atoms with Crippen molar-refractivity contribution in [2.45, 2.75) is 39.3 Å². The molecule has 3 rings (SSSR count). The highest BCUT2D eigenvalue weighted by Gasteiger charge is 2.22. The van der Waals surface area contributed by atoms with E-state index in [4.69, 9.17) is 16.3 Å².